The van der Waals surface area contributed by atoms with Crippen molar-refractivity contribution in [2.75, 3.05) is 30.8 Å². The maximum atomic E-state index is 12.6. The number of para-hydroxylation sites is 1. The Morgan fingerprint density at radius 3 is 2.00 bits per heavy atom. The molecule has 3 aromatic carbocycles. The number of carbonyl (C=O) groups is 2. The monoisotopic (exact) mass is 402 g/mol. The van der Waals surface area contributed by atoms with E-state index in [1.807, 2.05) is 93.7 Å². The molecule has 1 atom stereocenters. The van der Waals surface area contributed by atoms with Crippen LogP contribution < -0.4 is 15.5 Å². The highest BCUT2D eigenvalue weighted by molar-refractivity contribution is 5.96. The van der Waals surface area contributed by atoms with E-state index in [4.69, 9.17) is 0 Å². The van der Waals surface area contributed by atoms with E-state index in [0.29, 0.717) is 0 Å². The van der Waals surface area contributed by atoms with E-state index in [0.717, 1.165) is 38.5 Å². The molecule has 0 aliphatic rings. The van der Waals surface area contributed by atoms with Gasteiger partial charge in [-0.2, -0.15) is 0 Å². The number of anilines is 2. The highest BCUT2D eigenvalue weighted by atomic mass is 16.2. The fraction of sp³-hybridized carbons (Fsp3) is 0.200. The SMILES string of the molecule is Cc1cccc(NC(=O)C[NH+](C)CC(=O)Nc2ccccc2-c2ccccc2)c1C. The van der Waals surface area contributed by atoms with Crippen molar-refractivity contribution in [3.05, 3.63) is 83.9 Å². The number of hydrogen-bond donors (Lipinski definition) is 3. The Balaban J connectivity index is 1.58. The Morgan fingerprint density at radius 2 is 1.30 bits per heavy atom. The largest absolute Gasteiger partial charge is 0.322 e. The zero-order valence-corrected chi connectivity index (χ0v) is 17.7. The summed E-state index contributed by atoms with van der Waals surface area (Å²) in [4.78, 5) is 25.8. The molecule has 30 heavy (non-hydrogen) atoms. The van der Waals surface area contributed by atoms with Gasteiger partial charge in [0.2, 0.25) is 0 Å². The smallest absolute Gasteiger partial charge is 0.279 e. The summed E-state index contributed by atoms with van der Waals surface area (Å²) in [6.07, 6.45) is 0. The number of nitrogens with one attached hydrogen (secondary N) is 3. The summed E-state index contributed by atoms with van der Waals surface area (Å²) in [5.41, 5.74) is 5.78. The van der Waals surface area contributed by atoms with Crippen LogP contribution in [0.3, 0.4) is 0 Å². The van der Waals surface area contributed by atoms with Gasteiger partial charge in [0.1, 0.15) is 0 Å². The summed E-state index contributed by atoms with van der Waals surface area (Å²) < 4.78 is 0. The molecule has 5 nitrogen and oxygen atoms in total. The maximum absolute atomic E-state index is 12.6. The van der Waals surface area contributed by atoms with Crippen molar-refractivity contribution < 1.29 is 14.5 Å². The first kappa shape index (κ1) is 21.3. The van der Waals surface area contributed by atoms with Crippen LogP contribution in [0.2, 0.25) is 0 Å². The molecule has 154 valence electrons. The molecule has 0 saturated carbocycles. The van der Waals surface area contributed by atoms with Crippen LogP contribution in [0.1, 0.15) is 11.1 Å². The molecule has 0 aliphatic carbocycles. The molecule has 0 radical (unpaired) electrons. The third-order valence-corrected chi connectivity index (χ3v) is 5.09. The van der Waals surface area contributed by atoms with Crippen LogP contribution in [-0.4, -0.2) is 32.0 Å². The number of likely N-dealkylation sites (N-methyl/N-ethyl adjacent to an activating group) is 1. The average Bonchev–Trinajstić information content (AvgIpc) is 2.72. The lowest BCUT2D eigenvalue weighted by Crippen LogP contribution is -3.11. The van der Waals surface area contributed by atoms with Gasteiger partial charge in [0.15, 0.2) is 13.1 Å². The van der Waals surface area contributed by atoms with Gasteiger partial charge in [-0.25, -0.2) is 0 Å². The predicted octanol–water partition coefficient (Wildman–Crippen LogP) is 3.06. The first-order valence-electron chi connectivity index (χ1n) is 10.1. The van der Waals surface area contributed by atoms with E-state index in [2.05, 4.69) is 10.6 Å². The van der Waals surface area contributed by atoms with Gasteiger partial charge in [-0.3, -0.25) is 9.59 Å². The Kier molecular flexibility index (Phi) is 6.99. The molecule has 0 bridgehead atoms. The lowest BCUT2D eigenvalue weighted by Gasteiger charge is -2.16. The molecule has 0 aromatic heterocycles. The van der Waals surface area contributed by atoms with Crippen molar-refractivity contribution in [1.82, 2.24) is 0 Å². The van der Waals surface area contributed by atoms with Crippen LogP contribution in [0.5, 0.6) is 0 Å². The predicted molar refractivity (Wildman–Crippen MR) is 122 cm³/mol. The van der Waals surface area contributed by atoms with Gasteiger partial charge in [-0.15, -0.1) is 0 Å². The number of quaternary nitrogens is 1. The number of amides is 2. The van der Waals surface area contributed by atoms with Crippen molar-refractivity contribution in [3.8, 4) is 11.1 Å². The maximum Gasteiger partial charge on any atom is 0.279 e. The van der Waals surface area contributed by atoms with Crippen LogP contribution in [-0.2, 0) is 9.59 Å². The molecule has 0 aliphatic heterocycles. The fourth-order valence-electron chi connectivity index (χ4n) is 3.35. The Hall–Kier alpha value is -3.44. The zero-order valence-electron chi connectivity index (χ0n) is 17.7. The van der Waals surface area contributed by atoms with Crippen LogP contribution in [0.4, 0.5) is 11.4 Å². The molecule has 3 N–H and O–H groups in total. The Labute approximate surface area is 177 Å². The van der Waals surface area contributed by atoms with E-state index < -0.39 is 0 Å². The molecule has 0 saturated heterocycles. The number of rotatable bonds is 7. The van der Waals surface area contributed by atoms with Crippen LogP contribution >= 0.6 is 0 Å². The first-order chi connectivity index (χ1) is 14.4. The minimum atomic E-state index is -0.129. The van der Waals surface area contributed by atoms with Gasteiger partial charge in [-0.05, 0) is 42.7 Å². The second-order valence-electron chi connectivity index (χ2n) is 7.57. The third kappa shape index (κ3) is 5.55. The van der Waals surface area contributed by atoms with Crippen molar-refractivity contribution in [3.63, 3.8) is 0 Å². The second-order valence-corrected chi connectivity index (χ2v) is 7.57. The average molecular weight is 403 g/mol. The van der Waals surface area contributed by atoms with Crippen LogP contribution in [0.15, 0.2) is 72.8 Å². The van der Waals surface area contributed by atoms with Crippen molar-refractivity contribution in [1.29, 1.82) is 0 Å². The molecule has 0 fully saturated rings. The number of aryl methyl sites for hydroxylation is 1. The number of hydrogen-bond acceptors (Lipinski definition) is 2. The van der Waals surface area contributed by atoms with E-state index in [-0.39, 0.29) is 24.9 Å². The van der Waals surface area contributed by atoms with E-state index in [9.17, 15) is 9.59 Å². The molecule has 5 heteroatoms. The highest BCUT2D eigenvalue weighted by Gasteiger charge is 2.16. The molecular formula is C25H28N3O2+. The Bertz CT molecular complexity index is 1030. The molecule has 2 amide bonds. The second kappa shape index (κ2) is 9.85. The van der Waals surface area contributed by atoms with Gasteiger partial charge in [-0.1, -0.05) is 60.7 Å². The topological polar surface area (TPSA) is 62.6 Å². The van der Waals surface area contributed by atoms with Gasteiger partial charge in [0, 0.05) is 16.9 Å². The van der Waals surface area contributed by atoms with E-state index in [1.54, 1.807) is 0 Å². The summed E-state index contributed by atoms with van der Waals surface area (Å²) in [6.45, 7) is 4.41. The molecule has 0 spiro atoms. The zero-order chi connectivity index (χ0) is 21.5. The van der Waals surface area contributed by atoms with Crippen LogP contribution in [0.25, 0.3) is 11.1 Å². The lowest BCUT2D eigenvalue weighted by atomic mass is 10.0. The van der Waals surface area contributed by atoms with Crippen LogP contribution in [0, 0.1) is 13.8 Å². The quantitative estimate of drug-likeness (QED) is 0.569. The molecule has 1 unspecified atom stereocenters. The molecular weight excluding hydrogens is 374 g/mol. The van der Waals surface area contributed by atoms with Crippen molar-refractivity contribution >= 4 is 23.2 Å². The highest BCUT2D eigenvalue weighted by Crippen LogP contribution is 2.27. The van der Waals surface area contributed by atoms with Gasteiger partial charge in [0.25, 0.3) is 11.8 Å². The third-order valence-electron chi connectivity index (χ3n) is 5.09. The summed E-state index contributed by atoms with van der Waals surface area (Å²) in [5, 5.41) is 5.93. The Morgan fingerprint density at radius 1 is 0.733 bits per heavy atom. The summed E-state index contributed by atoms with van der Waals surface area (Å²) >= 11 is 0. The summed E-state index contributed by atoms with van der Waals surface area (Å²) in [5.74, 6) is -0.242. The molecule has 3 aromatic rings. The normalized spacial score (nSPS) is 11.6. The standard InChI is InChI=1S/C25H27N3O2/c1-18-10-9-15-22(19(18)2)26-24(29)16-28(3)17-25(30)27-23-14-8-7-13-21(23)20-11-5-4-6-12-20/h4-15H,16-17H2,1-3H3,(H,26,29)(H,27,30)/p+1. The van der Waals surface area contributed by atoms with Gasteiger partial charge in [0.05, 0.1) is 7.05 Å². The number of benzene rings is 3. The van der Waals surface area contributed by atoms with Gasteiger partial charge < -0.3 is 15.5 Å². The fourth-order valence-corrected chi connectivity index (χ4v) is 3.35. The molecule has 0 heterocycles. The van der Waals surface area contributed by atoms with E-state index >= 15 is 0 Å². The van der Waals surface area contributed by atoms with Gasteiger partial charge >= 0.3 is 0 Å². The van der Waals surface area contributed by atoms with E-state index in [1.165, 1.54) is 0 Å². The summed E-state index contributed by atoms with van der Waals surface area (Å²) in [7, 11) is 1.84. The minimum absolute atomic E-state index is 0.112. The lowest BCUT2D eigenvalue weighted by molar-refractivity contribution is -0.862. The molecule has 3 rings (SSSR count). The minimum Gasteiger partial charge on any atom is -0.322 e. The van der Waals surface area contributed by atoms with Crippen molar-refractivity contribution in [2.45, 2.75) is 13.8 Å². The van der Waals surface area contributed by atoms with Crippen molar-refractivity contribution in [2.24, 2.45) is 0 Å². The number of carbonyl (C=O) groups excluding carboxylic acids is 2. The first-order valence-corrected chi connectivity index (χ1v) is 10.1. The summed E-state index contributed by atoms with van der Waals surface area (Å²) in [6, 6.07) is 23.5.